The molecule has 1 fully saturated rings. The van der Waals surface area contributed by atoms with Crippen LogP contribution in [0.3, 0.4) is 0 Å². The molecule has 35 heavy (non-hydrogen) atoms. The number of hydrogen-bond donors (Lipinski definition) is 2. The normalized spacial score (nSPS) is 17.3. The summed E-state index contributed by atoms with van der Waals surface area (Å²) in [5, 5.41) is 22.5. The number of carbonyl (C=O) groups is 2. The van der Waals surface area contributed by atoms with Crippen LogP contribution in [-0.4, -0.2) is 34.0 Å². The summed E-state index contributed by atoms with van der Waals surface area (Å²) >= 11 is 13.3. The summed E-state index contributed by atoms with van der Waals surface area (Å²) in [5.74, 6) is -2.03. The monoisotopic (exact) mass is 526 g/mol. The van der Waals surface area contributed by atoms with Crippen molar-refractivity contribution in [2.75, 3.05) is 12.0 Å². The Morgan fingerprint density at radius 1 is 1.03 bits per heavy atom. The number of phenolic OH excluding ortho intramolecular Hbond substituents is 1. The van der Waals surface area contributed by atoms with Crippen LogP contribution in [0.15, 0.2) is 66.2 Å². The molecule has 1 atom stereocenters. The Hall–Kier alpha value is -3.59. The van der Waals surface area contributed by atoms with Gasteiger partial charge < -0.3 is 14.9 Å². The van der Waals surface area contributed by atoms with Crippen molar-refractivity contribution >= 4 is 67.3 Å². The zero-order valence-corrected chi connectivity index (χ0v) is 20.4. The molecule has 7 nitrogen and oxygen atoms in total. The van der Waals surface area contributed by atoms with Gasteiger partial charge in [0.1, 0.15) is 5.76 Å². The lowest BCUT2D eigenvalue weighted by atomic mass is 9.95. The summed E-state index contributed by atoms with van der Waals surface area (Å²) in [6.07, 6.45) is 0. The molecule has 10 heteroatoms. The first-order chi connectivity index (χ1) is 16.8. The first kappa shape index (κ1) is 23.2. The number of aromatic hydroxyl groups is 1. The average molecular weight is 527 g/mol. The highest BCUT2D eigenvalue weighted by Gasteiger charge is 2.48. The largest absolute Gasteiger partial charge is 0.507 e. The Morgan fingerprint density at radius 3 is 2.46 bits per heavy atom. The highest BCUT2D eigenvalue weighted by Crippen LogP contribution is 2.45. The Bertz CT molecular complexity index is 1530. The fourth-order valence-electron chi connectivity index (χ4n) is 3.96. The van der Waals surface area contributed by atoms with E-state index in [-0.39, 0.29) is 28.0 Å². The van der Waals surface area contributed by atoms with Crippen molar-refractivity contribution < 1.29 is 24.5 Å². The molecular weight excluding hydrogens is 511 g/mol. The Kier molecular flexibility index (Phi) is 5.88. The number of anilines is 1. The predicted octanol–water partition coefficient (Wildman–Crippen LogP) is 5.94. The van der Waals surface area contributed by atoms with Gasteiger partial charge in [-0.15, -0.1) is 0 Å². The molecule has 2 N–H and O–H groups in total. The summed E-state index contributed by atoms with van der Waals surface area (Å²) < 4.78 is 5.97. The van der Waals surface area contributed by atoms with E-state index in [1.165, 1.54) is 35.5 Å². The van der Waals surface area contributed by atoms with Crippen molar-refractivity contribution in [1.29, 1.82) is 0 Å². The molecule has 1 aliphatic heterocycles. The van der Waals surface area contributed by atoms with Crippen LogP contribution in [0.1, 0.15) is 17.2 Å². The van der Waals surface area contributed by atoms with E-state index in [0.717, 1.165) is 4.70 Å². The van der Waals surface area contributed by atoms with E-state index < -0.39 is 17.7 Å². The third-order valence-corrected chi connectivity index (χ3v) is 7.13. The number of ether oxygens (including phenoxy) is 1. The van der Waals surface area contributed by atoms with Crippen molar-refractivity contribution in [2.24, 2.45) is 0 Å². The van der Waals surface area contributed by atoms with E-state index in [1.54, 1.807) is 48.5 Å². The zero-order chi connectivity index (χ0) is 24.9. The van der Waals surface area contributed by atoms with Crippen molar-refractivity contribution in [3.63, 3.8) is 0 Å². The van der Waals surface area contributed by atoms with Gasteiger partial charge in [0, 0.05) is 15.6 Å². The lowest BCUT2D eigenvalue weighted by Gasteiger charge is -2.23. The van der Waals surface area contributed by atoms with Gasteiger partial charge in [-0.05, 0) is 60.2 Å². The van der Waals surface area contributed by atoms with Crippen LogP contribution in [0.2, 0.25) is 10.0 Å². The molecule has 2 heterocycles. The number of fused-ring (bicyclic) bond motifs is 1. The number of amides is 1. The molecule has 1 aromatic heterocycles. The van der Waals surface area contributed by atoms with Crippen LogP contribution in [-0.2, 0) is 9.59 Å². The van der Waals surface area contributed by atoms with Gasteiger partial charge in [0.25, 0.3) is 5.78 Å². The van der Waals surface area contributed by atoms with Crippen LogP contribution in [0.5, 0.6) is 11.5 Å². The van der Waals surface area contributed by atoms with E-state index in [1.807, 2.05) is 0 Å². The number of ketones is 1. The van der Waals surface area contributed by atoms with Crippen LogP contribution in [0, 0.1) is 0 Å². The number of Topliss-reactive ketones (excluding diaryl/α,β-unsaturated/α-hetero) is 1. The number of methoxy groups -OCH3 is 1. The molecule has 1 unspecified atom stereocenters. The molecule has 1 amide bonds. The topological polar surface area (TPSA) is 100.0 Å². The van der Waals surface area contributed by atoms with Gasteiger partial charge >= 0.3 is 5.91 Å². The number of carbonyl (C=O) groups excluding carboxylic acids is 2. The molecule has 3 aromatic carbocycles. The number of nitrogens with zero attached hydrogens (tertiary/aromatic N) is 2. The number of hydrogen-bond acceptors (Lipinski definition) is 7. The molecule has 176 valence electrons. The second-order valence-electron chi connectivity index (χ2n) is 7.72. The lowest BCUT2D eigenvalue weighted by Crippen LogP contribution is -2.29. The van der Waals surface area contributed by atoms with Gasteiger partial charge in [-0.1, -0.05) is 40.6 Å². The van der Waals surface area contributed by atoms with Gasteiger partial charge in [-0.25, -0.2) is 4.98 Å². The number of aromatic nitrogens is 1. The number of aliphatic hydroxyl groups is 1. The molecule has 0 bridgehead atoms. The van der Waals surface area contributed by atoms with E-state index in [2.05, 4.69) is 4.98 Å². The molecule has 4 aromatic rings. The summed E-state index contributed by atoms with van der Waals surface area (Å²) in [6, 6.07) is 14.8. The van der Waals surface area contributed by atoms with Crippen molar-refractivity contribution in [1.82, 2.24) is 4.98 Å². The van der Waals surface area contributed by atoms with Crippen LogP contribution < -0.4 is 9.64 Å². The van der Waals surface area contributed by atoms with Crippen LogP contribution in [0.4, 0.5) is 5.13 Å². The van der Waals surface area contributed by atoms with Crippen molar-refractivity contribution in [2.45, 2.75) is 6.04 Å². The molecular formula is C25H16Cl2N2O5S. The summed E-state index contributed by atoms with van der Waals surface area (Å²) in [6.45, 7) is 0. The fourth-order valence-corrected chi connectivity index (χ4v) is 5.36. The molecule has 0 aliphatic carbocycles. The van der Waals surface area contributed by atoms with Crippen LogP contribution >= 0.6 is 34.5 Å². The lowest BCUT2D eigenvalue weighted by molar-refractivity contribution is -0.132. The smallest absolute Gasteiger partial charge is 0.301 e. The first-order valence-electron chi connectivity index (χ1n) is 10.3. The number of rotatable bonds is 4. The van der Waals surface area contributed by atoms with E-state index in [0.29, 0.717) is 26.7 Å². The van der Waals surface area contributed by atoms with Gasteiger partial charge in [0.2, 0.25) is 0 Å². The Labute approximate surface area is 213 Å². The predicted molar refractivity (Wildman–Crippen MR) is 136 cm³/mol. The second-order valence-corrected chi connectivity index (χ2v) is 9.60. The number of halogens is 2. The third-order valence-electron chi connectivity index (χ3n) is 5.63. The minimum Gasteiger partial charge on any atom is -0.507 e. The maximum Gasteiger partial charge on any atom is 0.301 e. The van der Waals surface area contributed by atoms with Crippen LogP contribution in [0.25, 0.3) is 16.0 Å². The highest BCUT2D eigenvalue weighted by atomic mass is 35.5. The standard InChI is InChI=1S/C25H16Cl2N2O5S/c1-34-18-10-13(4-9-17(18)30)21-20(22(31)12-2-5-14(26)6-3-12)23(32)24(33)29(21)25-28-16-8-7-15(27)11-19(16)35-25/h2-11,21,30-31H,1H3/b22-20+. The molecule has 0 radical (unpaired) electrons. The number of aliphatic hydroxyl groups excluding tert-OH is 1. The molecule has 0 saturated carbocycles. The summed E-state index contributed by atoms with van der Waals surface area (Å²) in [4.78, 5) is 32.4. The Balaban J connectivity index is 1.75. The molecule has 0 spiro atoms. The van der Waals surface area contributed by atoms with Gasteiger partial charge in [0.05, 0.1) is 28.9 Å². The van der Waals surface area contributed by atoms with Gasteiger partial charge in [-0.3, -0.25) is 14.5 Å². The summed E-state index contributed by atoms with van der Waals surface area (Å²) in [5.41, 5.74) is 1.24. The second kappa shape index (κ2) is 8.88. The molecule has 1 aliphatic rings. The highest BCUT2D eigenvalue weighted by molar-refractivity contribution is 7.22. The quantitative estimate of drug-likeness (QED) is 0.194. The summed E-state index contributed by atoms with van der Waals surface area (Å²) in [7, 11) is 1.39. The Morgan fingerprint density at radius 2 is 1.74 bits per heavy atom. The van der Waals surface area contributed by atoms with Crippen molar-refractivity contribution in [3.05, 3.63) is 87.4 Å². The zero-order valence-electron chi connectivity index (χ0n) is 18.0. The van der Waals surface area contributed by atoms with Crippen molar-refractivity contribution in [3.8, 4) is 11.5 Å². The average Bonchev–Trinajstić information content (AvgIpc) is 3.37. The van der Waals surface area contributed by atoms with Gasteiger partial charge in [-0.2, -0.15) is 0 Å². The maximum absolute atomic E-state index is 13.3. The van der Waals surface area contributed by atoms with Gasteiger partial charge in [0.15, 0.2) is 16.6 Å². The fraction of sp³-hybridized carbons (Fsp3) is 0.0800. The molecule has 1 saturated heterocycles. The molecule has 5 rings (SSSR count). The number of benzene rings is 3. The SMILES string of the molecule is COc1cc(C2/C(=C(\O)c3ccc(Cl)cc3)C(=O)C(=O)N2c2nc3ccc(Cl)cc3s2)ccc1O. The number of phenols is 1. The first-order valence-corrected chi connectivity index (χ1v) is 11.9. The van der Waals surface area contributed by atoms with E-state index in [4.69, 9.17) is 27.9 Å². The van der Waals surface area contributed by atoms with E-state index >= 15 is 0 Å². The minimum absolute atomic E-state index is 0.111. The number of thiazole rings is 1. The van der Waals surface area contributed by atoms with E-state index in [9.17, 15) is 19.8 Å². The minimum atomic E-state index is -1.03. The maximum atomic E-state index is 13.3. The third kappa shape index (κ3) is 3.99.